The lowest BCUT2D eigenvalue weighted by Gasteiger charge is -2.37. The van der Waals surface area contributed by atoms with E-state index in [1.807, 2.05) is 13.0 Å². The van der Waals surface area contributed by atoms with Gasteiger partial charge in [0.05, 0.1) is 30.7 Å². The summed E-state index contributed by atoms with van der Waals surface area (Å²) in [4.78, 5) is 7.17. The average Bonchev–Trinajstić information content (AvgIpc) is 3.63. The van der Waals surface area contributed by atoms with E-state index in [-0.39, 0.29) is 41.2 Å². The molecule has 3 aromatic rings. The Morgan fingerprint density at radius 1 is 0.923 bits per heavy atom. The topological polar surface area (TPSA) is 79.5 Å². The number of hydrogen-bond acceptors (Lipinski definition) is 7. The Labute approximate surface area is 224 Å². The Hall–Kier alpha value is -2.70. The Kier molecular flexibility index (Phi) is 6.31. The molecule has 0 spiro atoms. The maximum Gasteiger partial charge on any atom is 0.435 e. The summed E-state index contributed by atoms with van der Waals surface area (Å²) in [6, 6.07) is 3.90. The summed E-state index contributed by atoms with van der Waals surface area (Å²) in [7, 11) is 0. The van der Waals surface area contributed by atoms with E-state index in [1.165, 1.54) is 4.68 Å². The minimum atomic E-state index is -4.65. The summed E-state index contributed by atoms with van der Waals surface area (Å²) in [5.74, 6) is 0.946. The molecular formula is C27H33F3N6O3. The van der Waals surface area contributed by atoms with E-state index in [0.717, 1.165) is 32.1 Å². The lowest BCUT2D eigenvalue weighted by atomic mass is 9.82. The predicted octanol–water partition coefficient (Wildman–Crippen LogP) is 4.84. The molecule has 39 heavy (non-hydrogen) atoms. The largest absolute Gasteiger partial charge is 0.435 e. The number of rotatable bonds is 4. The molecule has 0 saturated carbocycles. The van der Waals surface area contributed by atoms with Crippen LogP contribution in [0.3, 0.4) is 0 Å². The van der Waals surface area contributed by atoms with Crippen molar-refractivity contribution in [3.8, 4) is 5.82 Å². The van der Waals surface area contributed by atoms with Crippen LogP contribution in [0.15, 0.2) is 18.3 Å². The summed E-state index contributed by atoms with van der Waals surface area (Å²) in [5.41, 5.74) is -0.0850. The Balaban J connectivity index is 1.43. The second kappa shape index (κ2) is 9.74. The van der Waals surface area contributed by atoms with E-state index < -0.39 is 11.9 Å². The smallest absolute Gasteiger partial charge is 0.381 e. The molecule has 2 bridgehead atoms. The van der Waals surface area contributed by atoms with Crippen LogP contribution < -0.4 is 4.90 Å². The summed E-state index contributed by atoms with van der Waals surface area (Å²) in [6.07, 6.45) is 2.28. The van der Waals surface area contributed by atoms with Crippen LogP contribution in [-0.4, -0.2) is 69.7 Å². The summed E-state index contributed by atoms with van der Waals surface area (Å²) in [5, 5.41) is 8.83. The second-order valence-corrected chi connectivity index (χ2v) is 11.3. The first-order valence-electron chi connectivity index (χ1n) is 14.0. The summed E-state index contributed by atoms with van der Waals surface area (Å²) < 4.78 is 64.0. The second-order valence-electron chi connectivity index (χ2n) is 11.3. The fourth-order valence-electron chi connectivity index (χ4n) is 6.79. The number of fused-ring (bicyclic) bond motifs is 3. The van der Waals surface area contributed by atoms with Crippen LogP contribution in [0.5, 0.6) is 0 Å². The Morgan fingerprint density at radius 2 is 1.74 bits per heavy atom. The molecule has 7 rings (SSSR count). The van der Waals surface area contributed by atoms with Crippen molar-refractivity contribution in [3.63, 3.8) is 0 Å². The quantitative estimate of drug-likeness (QED) is 0.463. The highest BCUT2D eigenvalue weighted by molar-refractivity contribution is 5.87. The van der Waals surface area contributed by atoms with Crippen molar-refractivity contribution < 1.29 is 27.4 Å². The van der Waals surface area contributed by atoms with Crippen LogP contribution in [0.25, 0.3) is 16.9 Å². The minimum Gasteiger partial charge on any atom is -0.381 e. The molecule has 5 unspecified atom stereocenters. The molecular weight excluding hydrogens is 513 g/mol. The van der Waals surface area contributed by atoms with Gasteiger partial charge in [0.15, 0.2) is 17.2 Å². The van der Waals surface area contributed by atoms with Crippen molar-refractivity contribution in [1.29, 1.82) is 0 Å². The fourth-order valence-corrected chi connectivity index (χ4v) is 6.79. The molecule has 3 aromatic heterocycles. The first-order chi connectivity index (χ1) is 18.9. The van der Waals surface area contributed by atoms with Gasteiger partial charge in [-0.1, -0.05) is 6.92 Å². The number of anilines is 1. The van der Waals surface area contributed by atoms with Crippen molar-refractivity contribution in [2.75, 3.05) is 37.9 Å². The molecule has 0 aromatic carbocycles. The van der Waals surface area contributed by atoms with E-state index in [1.54, 1.807) is 16.9 Å². The van der Waals surface area contributed by atoms with Crippen molar-refractivity contribution in [2.24, 2.45) is 5.92 Å². The zero-order valence-corrected chi connectivity index (χ0v) is 21.9. The normalized spacial score (nSPS) is 29.8. The molecule has 0 radical (unpaired) electrons. The highest BCUT2D eigenvalue weighted by atomic mass is 19.4. The van der Waals surface area contributed by atoms with E-state index in [0.29, 0.717) is 56.7 Å². The van der Waals surface area contributed by atoms with Crippen LogP contribution in [0.2, 0.25) is 0 Å². The maximum atomic E-state index is 14.6. The van der Waals surface area contributed by atoms with Crippen molar-refractivity contribution in [2.45, 2.75) is 75.9 Å². The molecule has 5 atom stereocenters. The third-order valence-corrected chi connectivity index (χ3v) is 8.73. The zero-order chi connectivity index (χ0) is 26.7. The van der Waals surface area contributed by atoms with Crippen LogP contribution in [0.4, 0.5) is 19.0 Å². The Morgan fingerprint density at radius 3 is 2.46 bits per heavy atom. The lowest BCUT2D eigenvalue weighted by molar-refractivity contribution is -0.140. The molecule has 4 aliphatic rings. The van der Waals surface area contributed by atoms with E-state index >= 15 is 0 Å². The highest BCUT2D eigenvalue weighted by Crippen LogP contribution is 2.44. The Bertz CT molecular complexity index is 1330. The fraction of sp³-hybridized carbons (Fsp3) is 0.667. The SMILES string of the molecule is CC1COCCC1c1cc(N2C3CCC2COC3)nc2c1c(C(F)(F)F)nn2-c1ccn(C2CCCCO2)n1. The summed E-state index contributed by atoms with van der Waals surface area (Å²) >= 11 is 0. The van der Waals surface area contributed by atoms with Crippen LogP contribution in [0, 0.1) is 5.92 Å². The van der Waals surface area contributed by atoms with E-state index in [2.05, 4.69) is 15.1 Å². The molecule has 4 saturated heterocycles. The molecule has 4 fully saturated rings. The minimum absolute atomic E-state index is 0.0608. The van der Waals surface area contributed by atoms with Crippen LogP contribution >= 0.6 is 0 Å². The molecule has 12 heteroatoms. The first-order valence-corrected chi connectivity index (χ1v) is 14.0. The number of alkyl halides is 3. The molecule has 9 nitrogen and oxygen atoms in total. The number of nitrogens with zero attached hydrogens (tertiary/aromatic N) is 6. The van der Waals surface area contributed by atoms with Gasteiger partial charge in [-0.15, -0.1) is 0 Å². The van der Waals surface area contributed by atoms with Gasteiger partial charge in [-0.25, -0.2) is 9.67 Å². The number of aromatic nitrogens is 5. The average molecular weight is 547 g/mol. The molecule has 0 aliphatic carbocycles. The third-order valence-electron chi connectivity index (χ3n) is 8.73. The monoisotopic (exact) mass is 546 g/mol. The van der Waals surface area contributed by atoms with Crippen molar-refractivity contribution in [3.05, 3.63) is 29.6 Å². The van der Waals surface area contributed by atoms with Crippen molar-refractivity contribution >= 4 is 16.9 Å². The molecule has 7 heterocycles. The summed E-state index contributed by atoms with van der Waals surface area (Å²) in [6.45, 7) is 4.89. The zero-order valence-electron chi connectivity index (χ0n) is 21.9. The first kappa shape index (κ1) is 25.3. The number of hydrogen-bond donors (Lipinski definition) is 0. The highest BCUT2D eigenvalue weighted by Gasteiger charge is 2.43. The van der Waals surface area contributed by atoms with Gasteiger partial charge in [0, 0.05) is 32.1 Å². The van der Waals surface area contributed by atoms with Gasteiger partial charge in [-0.05, 0) is 62.0 Å². The van der Waals surface area contributed by atoms with Gasteiger partial charge >= 0.3 is 6.18 Å². The molecule has 0 N–H and O–H groups in total. The van der Waals surface area contributed by atoms with Crippen LogP contribution in [-0.2, 0) is 20.4 Å². The standard InChI is InChI=1S/C27H33F3N6O3/c1-16-13-37-11-8-19(16)20-12-22(35-17-5-6-18(35)15-38-14-17)31-26-24(20)25(27(28,29)30)33-36(26)21-7-9-34(32-21)23-4-2-3-10-39-23/h7,9,12,16-19,23H,2-6,8,10-11,13-15H2,1H3. The van der Waals surface area contributed by atoms with Crippen LogP contribution in [0.1, 0.15) is 68.9 Å². The van der Waals surface area contributed by atoms with Gasteiger partial charge in [-0.2, -0.15) is 28.1 Å². The molecule has 0 amide bonds. The maximum absolute atomic E-state index is 14.6. The van der Waals surface area contributed by atoms with Gasteiger partial charge in [0.25, 0.3) is 0 Å². The third kappa shape index (κ3) is 4.40. The van der Waals surface area contributed by atoms with E-state index in [4.69, 9.17) is 19.2 Å². The predicted molar refractivity (Wildman–Crippen MR) is 136 cm³/mol. The molecule has 4 aliphatic heterocycles. The van der Waals surface area contributed by atoms with Gasteiger partial charge < -0.3 is 19.1 Å². The molecule has 210 valence electrons. The van der Waals surface area contributed by atoms with E-state index in [9.17, 15) is 13.2 Å². The lowest BCUT2D eigenvalue weighted by Crippen LogP contribution is -2.46. The van der Waals surface area contributed by atoms with Gasteiger partial charge in [0.1, 0.15) is 12.0 Å². The number of halogens is 3. The number of ether oxygens (including phenoxy) is 3. The number of pyridine rings is 1. The van der Waals surface area contributed by atoms with Gasteiger partial charge in [0.2, 0.25) is 0 Å². The van der Waals surface area contributed by atoms with Crippen molar-refractivity contribution in [1.82, 2.24) is 24.5 Å². The van der Waals surface area contributed by atoms with Gasteiger partial charge in [-0.3, -0.25) is 0 Å². The number of morpholine rings is 1.